The molecule has 18 heavy (non-hydrogen) atoms. The van der Waals surface area contributed by atoms with Crippen LogP contribution in [0.2, 0.25) is 0 Å². The minimum atomic E-state index is 0.816. The van der Waals surface area contributed by atoms with Crippen LogP contribution in [0.25, 0.3) is 27.6 Å². The van der Waals surface area contributed by atoms with Crippen molar-refractivity contribution in [2.24, 2.45) is 0 Å². The Morgan fingerprint density at radius 2 is 1.61 bits per heavy atom. The van der Waals surface area contributed by atoms with Gasteiger partial charge in [0.15, 0.2) is 0 Å². The SMILES string of the molecule is C1=Cc2c(ccc3c2ccc2ccccc23)C=[Si]1. The molecule has 0 saturated carbocycles. The van der Waals surface area contributed by atoms with E-state index in [-0.39, 0.29) is 0 Å². The van der Waals surface area contributed by atoms with Crippen molar-refractivity contribution in [3.05, 3.63) is 65.4 Å². The van der Waals surface area contributed by atoms with E-state index in [0.29, 0.717) is 0 Å². The summed E-state index contributed by atoms with van der Waals surface area (Å²) in [4.78, 5) is 0. The number of rotatable bonds is 0. The average Bonchev–Trinajstić information content (AvgIpc) is 2.46. The van der Waals surface area contributed by atoms with E-state index in [1.807, 2.05) is 0 Å². The second kappa shape index (κ2) is 3.75. The van der Waals surface area contributed by atoms with E-state index in [1.165, 1.54) is 32.7 Å². The molecule has 0 bridgehead atoms. The molecule has 0 fully saturated rings. The third kappa shape index (κ3) is 1.34. The highest BCUT2D eigenvalue weighted by atomic mass is 28.2. The molecule has 0 N–H and O–H groups in total. The molecule has 1 aliphatic rings. The molecule has 4 rings (SSSR count). The minimum absolute atomic E-state index is 0.816. The second-order valence-electron chi connectivity index (χ2n) is 4.59. The maximum Gasteiger partial charge on any atom is 0.0512 e. The van der Waals surface area contributed by atoms with E-state index in [9.17, 15) is 0 Å². The Morgan fingerprint density at radius 1 is 0.722 bits per heavy atom. The number of benzene rings is 3. The van der Waals surface area contributed by atoms with Gasteiger partial charge in [0, 0.05) is 0 Å². The van der Waals surface area contributed by atoms with Gasteiger partial charge in [-0.15, -0.1) is 0 Å². The van der Waals surface area contributed by atoms with Gasteiger partial charge >= 0.3 is 0 Å². The molecule has 0 atom stereocenters. The zero-order valence-corrected chi connectivity index (χ0v) is 10.9. The first-order valence-corrected chi connectivity index (χ1v) is 7.29. The van der Waals surface area contributed by atoms with Gasteiger partial charge in [-0.05, 0) is 32.7 Å². The second-order valence-corrected chi connectivity index (χ2v) is 5.55. The molecule has 0 spiro atoms. The lowest BCUT2D eigenvalue weighted by Gasteiger charge is -2.11. The summed E-state index contributed by atoms with van der Waals surface area (Å²) < 4.78 is 0. The topological polar surface area (TPSA) is 0 Å². The van der Waals surface area contributed by atoms with Gasteiger partial charge in [0.25, 0.3) is 0 Å². The summed E-state index contributed by atoms with van der Waals surface area (Å²) in [5, 5.41) is 5.38. The summed E-state index contributed by atoms with van der Waals surface area (Å²) in [5.74, 6) is 0. The molecule has 0 nitrogen and oxygen atoms in total. The summed E-state index contributed by atoms with van der Waals surface area (Å²) in [7, 11) is 0.816. The molecule has 3 aromatic carbocycles. The van der Waals surface area contributed by atoms with Crippen molar-refractivity contribution < 1.29 is 0 Å². The van der Waals surface area contributed by atoms with E-state index in [1.54, 1.807) is 0 Å². The van der Waals surface area contributed by atoms with Gasteiger partial charge in [0.05, 0.1) is 9.13 Å². The molecule has 0 unspecified atom stereocenters. The van der Waals surface area contributed by atoms with E-state index < -0.39 is 0 Å². The molecule has 0 amide bonds. The highest BCUT2D eigenvalue weighted by molar-refractivity contribution is 6.57. The first kappa shape index (κ1) is 9.98. The average molecular weight is 243 g/mol. The lowest BCUT2D eigenvalue weighted by molar-refractivity contribution is 1.70. The number of hydrogen-bond acceptors (Lipinski definition) is 0. The summed E-state index contributed by atoms with van der Waals surface area (Å²) in [5.41, 5.74) is 7.33. The Hall–Kier alpha value is -1.99. The van der Waals surface area contributed by atoms with E-state index in [0.717, 1.165) is 9.13 Å². The fourth-order valence-electron chi connectivity index (χ4n) is 2.71. The Bertz CT molecular complexity index is 826. The van der Waals surface area contributed by atoms with Crippen LogP contribution in [0, 0.1) is 0 Å². The van der Waals surface area contributed by atoms with Gasteiger partial charge in [0.2, 0.25) is 0 Å². The van der Waals surface area contributed by atoms with Gasteiger partial charge in [0.1, 0.15) is 0 Å². The van der Waals surface area contributed by atoms with Gasteiger partial charge < -0.3 is 0 Å². The zero-order chi connectivity index (χ0) is 11.9. The Morgan fingerprint density at radius 3 is 2.61 bits per heavy atom. The third-order valence-electron chi connectivity index (χ3n) is 3.59. The maximum absolute atomic E-state index is 2.32. The first-order chi connectivity index (χ1) is 8.93. The highest BCUT2D eigenvalue weighted by Gasteiger charge is 2.07. The van der Waals surface area contributed by atoms with Crippen molar-refractivity contribution in [3.8, 4) is 0 Å². The van der Waals surface area contributed by atoms with E-state index in [4.69, 9.17) is 0 Å². The Labute approximate surface area is 108 Å². The van der Waals surface area contributed by atoms with Crippen molar-refractivity contribution in [2.45, 2.75) is 0 Å². The van der Waals surface area contributed by atoms with Crippen molar-refractivity contribution >= 4 is 42.4 Å². The maximum atomic E-state index is 2.32. The largest absolute Gasteiger partial charge is 0.0766 e. The van der Waals surface area contributed by atoms with E-state index >= 15 is 0 Å². The predicted octanol–water partition coefficient (Wildman–Crippen LogP) is 3.83. The van der Waals surface area contributed by atoms with Crippen LogP contribution in [-0.2, 0) is 0 Å². The predicted molar refractivity (Wildman–Crippen MR) is 81.4 cm³/mol. The van der Waals surface area contributed by atoms with Gasteiger partial charge in [-0.2, -0.15) is 0 Å². The monoisotopic (exact) mass is 243 g/mol. The van der Waals surface area contributed by atoms with Crippen molar-refractivity contribution in [2.75, 3.05) is 0 Å². The fraction of sp³-hybridized carbons (Fsp3) is 0. The van der Waals surface area contributed by atoms with Crippen molar-refractivity contribution in [1.82, 2.24) is 0 Å². The molecule has 0 aliphatic carbocycles. The van der Waals surface area contributed by atoms with Crippen LogP contribution in [0.5, 0.6) is 0 Å². The molecule has 3 aromatic rings. The van der Waals surface area contributed by atoms with Crippen LogP contribution >= 0.6 is 0 Å². The normalized spacial score (nSPS) is 13.1. The summed E-state index contributed by atoms with van der Waals surface area (Å²) in [6.07, 6.45) is 2.27. The standard InChI is InChI=1S/C17H11Si/c1-2-4-14-12(3-1)5-7-17-15-9-10-18-11-13(15)6-8-16(14)17/h1-11H. The molecular formula is C17H11Si. The highest BCUT2D eigenvalue weighted by Crippen LogP contribution is 2.30. The molecule has 0 aromatic heterocycles. The Balaban J connectivity index is 2.23. The first-order valence-electron chi connectivity index (χ1n) is 6.14. The lowest BCUT2D eigenvalue weighted by Crippen LogP contribution is -1.96. The van der Waals surface area contributed by atoms with Gasteiger partial charge in [-0.3, -0.25) is 0 Å². The zero-order valence-electron chi connectivity index (χ0n) is 9.85. The molecular weight excluding hydrogens is 232 g/mol. The van der Waals surface area contributed by atoms with Gasteiger partial charge in [-0.25, -0.2) is 0 Å². The van der Waals surface area contributed by atoms with Gasteiger partial charge in [-0.1, -0.05) is 66.0 Å². The lowest BCUT2D eigenvalue weighted by atomic mass is 9.95. The van der Waals surface area contributed by atoms with E-state index in [2.05, 4.69) is 66.0 Å². The Kier molecular flexibility index (Phi) is 2.08. The molecule has 1 heteroatoms. The van der Waals surface area contributed by atoms with Crippen LogP contribution < -0.4 is 0 Å². The van der Waals surface area contributed by atoms with Crippen LogP contribution in [-0.4, -0.2) is 14.8 Å². The summed E-state index contributed by atoms with van der Waals surface area (Å²) in [6.45, 7) is 0. The molecule has 0 saturated heterocycles. The summed E-state index contributed by atoms with van der Waals surface area (Å²) >= 11 is 0. The molecule has 1 aliphatic heterocycles. The van der Waals surface area contributed by atoms with Crippen LogP contribution in [0.15, 0.2) is 54.2 Å². The molecule has 1 heterocycles. The molecule has 1 radical (unpaired) electrons. The van der Waals surface area contributed by atoms with Crippen LogP contribution in [0.4, 0.5) is 0 Å². The summed E-state index contributed by atoms with van der Waals surface area (Å²) in [6, 6.07) is 17.6. The third-order valence-corrected chi connectivity index (χ3v) is 4.42. The van der Waals surface area contributed by atoms with Crippen LogP contribution in [0.1, 0.15) is 11.1 Å². The smallest absolute Gasteiger partial charge is 0.0512 e. The fourth-order valence-corrected chi connectivity index (χ4v) is 3.50. The number of hydrogen-bond donors (Lipinski definition) is 0. The quantitative estimate of drug-likeness (QED) is 0.416. The van der Waals surface area contributed by atoms with Crippen molar-refractivity contribution in [3.63, 3.8) is 0 Å². The van der Waals surface area contributed by atoms with Crippen molar-refractivity contribution in [1.29, 1.82) is 0 Å². The number of fused-ring (bicyclic) bond motifs is 5. The minimum Gasteiger partial charge on any atom is -0.0766 e. The molecule has 83 valence electrons. The van der Waals surface area contributed by atoms with Crippen LogP contribution in [0.3, 0.4) is 0 Å².